The van der Waals surface area contributed by atoms with Gasteiger partial charge in [-0.3, -0.25) is 9.80 Å². The van der Waals surface area contributed by atoms with Crippen LogP contribution < -0.4 is 35.1 Å². The molecule has 10 heteroatoms. The average molecular weight is 1300 g/mol. The van der Waals surface area contributed by atoms with Gasteiger partial charge in [-0.1, -0.05) is 104 Å². The highest BCUT2D eigenvalue weighted by molar-refractivity contribution is 5.92. The number of hydrogen-bond acceptors (Lipinski definition) is 9. The predicted molar refractivity (Wildman–Crippen MR) is 423 cm³/mol. The minimum absolute atomic E-state index is 0.548. The van der Waals surface area contributed by atoms with E-state index >= 15 is 0 Å². The fourth-order valence-corrected chi connectivity index (χ4v) is 14.5. The summed E-state index contributed by atoms with van der Waals surface area (Å²) in [6, 6.07) is 68.8. The summed E-state index contributed by atoms with van der Waals surface area (Å²) in [6.07, 6.45) is 21.1. The highest BCUT2D eigenvalue weighted by Gasteiger charge is 2.19. The van der Waals surface area contributed by atoms with Crippen LogP contribution in [0, 0.1) is 0 Å². The Labute approximate surface area is 582 Å². The Hall–Kier alpha value is -7.99. The molecule has 0 bridgehead atoms. The molecule has 0 amide bonds. The van der Waals surface area contributed by atoms with Crippen LogP contribution in [0.1, 0.15) is 130 Å². The summed E-state index contributed by atoms with van der Waals surface area (Å²) in [6.45, 7) is 12.0. The first-order valence-electron chi connectivity index (χ1n) is 36.7. The van der Waals surface area contributed by atoms with Gasteiger partial charge in [0.1, 0.15) is 13.1 Å². The number of hydrogen-bond donors (Lipinski definition) is 2. The van der Waals surface area contributed by atoms with E-state index < -0.39 is 0 Å². The van der Waals surface area contributed by atoms with Crippen LogP contribution in [-0.2, 0) is 13.1 Å². The molecule has 15 rings (SSSR count). The molecule has 0 saturated carbocycles. The van der Waals surface area contributed by atoms with Crippen LogP contribution >= 0.6 is 0 Å². The van der Waals surface area contributed by atoms with Gasteiger partial charge in [0, 0.05) is 142 Å². The second-order valence-electron chi connectivity index (χ2n) is 29.1. The Morgan fingerprint density at radius 1 is 0.320 bits per heavy atom. The van der Waals surface area contributed by atoms with Crippen molar-refractivity contribution in [2.45, 2.75) is 115 Å². The van der Waals surface area contributed by atoms with Crippen molar-refractivity contribution in [1.82, 2.24) is 20.4 Å². The van der Waals surface area contributed by atoms with Crippen LogP contribution in [0.2, 0.25) is 0 Å². The molecule has 5 saturated heterocycles. The lowest BCUT2D eigenvalue weighted by Crippen LogP contribution is -2.29. The van der Waals surface area contributed by atoms with Crippen LogP contribution in [0.5, 0.6) is 0 Å². The SMILES string of the molecule is CN(C)c1ccc2cc(C3CCCCN3)ccc2c1.CN(C)c1ccc2cc(C3CCCN3)ccc2c1.CN(C)c1ccc2cc(C=[N+]3CCCCC3)ccc2c1.CN(C)c1ccc2cc(CN3CCCCC3)ccc2c1.CN(C)c1ccc2cc(CN3CCCCC3)ccc2c1. The van der Waals surface area contributed by atoms with Crippen molar-refractivity contribution in [3.8, 4) is 0 Å². The van der Waals surface area contributed by atoms with Gasteiger partial charge in [0.25, 0.3) is 0 Å². The van der Waals surface area contributed by atoms with E-state index in [1.807, 2.05) is 0 Å². The van der Waals surface area contributed by atoms with Crippen LogP contribution in [-0.4, -0.2) is 143 Å². The largest absolute Gasteiger partial charge is 0.378 e. The zero-order valence-corrected chi connectivity index (χ0v) is 60.6. The van der Waals surface area contributed by atoms with Crippen molar-refractivity contribution >= 4 is 88.5 Å². The second-order valence-corrected chi connectivity index (χ2v) is 29.1. The van der Waals surface area contributed by atoms with E-state index in [1.54, 1.807) is 0 Å². The molecule has 0 radical (unpaired) electrons. The van der Waals surface area contributed by atoms with E-state index in [9.17, 15) is 0 Å². The highest BCUT2D eigenvalue weighted by Crippen LogP contribution is 2.32. The molecule has 10 nitrogen and oxygen atoms in total. The van der Waals surface area contributed by atoms with Gasteiger partial charge in [0.15, 0.2) is 6.21 Å². The third kappa shape index (κ3) is 19.9. The topological polar surface area (TPSA) is 49.8 Å². The van der Waals surface area contributed by atoms with Crippen molar-refractivity contribution in [2.24, 2.45) is 0 Å². The fraction of sp³-hybridized carbons (Fsp3) is 0.414. The quantitative estimate of drug-likeness (QED) is 0.117. The van der Waals surface area contributed by atoms with E-state index in [1.165, 1.54) is 239 Å². The number of piperidine rings is 4. The maximum absolute atomic E-state index is 3.62. The van der Waals surface area contributed by atoms with Gasteiger partial charge in [-0.15, -0.1) is 0 Å². The lowest BCUT2D eigenvalue weighted by Gasteiger charge is -2.26. The molecule has 5 fully saturated rings. The molecule has 5 heterocycles. The molecule has 0 aliphatic carbocycles. The van der Waals surface area contributed by atoms with E-state index in [2.05, 4.69) is 308 Å². The fourth-order valence-electron chi connectivity index (χ4n) is 14.5. The molecular formula is C87H113N10+. The monoisotopic (exact) mass is 1300 g/mol. The van der Waals surface area contributed by atoms with Gasteiger partial charge in [-0.25, -0.2) is 4.58 Å². The molecule has 2 unspecified atom stereocenters. The normalized spacial score (nSPS) is 17.4. The number of nitrogens with one attached hydrogen (secondary N) is 2. The first-order chi connectivity index (χ1) is 47.1. The highest BCUT2D eigenvalue weighted by atomic mass is 15.1. The molecule has 10 aromatic rings. The standard InChI is InChI=1S/2C18H24N2.C18H23N2.C17H22N2.C16H20N2/c3*1-19(2)18-9-8-16-12-15(6-7-17(16)13-18)14-20-10-4-3-5-11-20;1-19(2)16-9-8-13-11-15(7-6-14(13)12-16)17-5-3-4-10-18-17;1-18(2)15-8-7-12-10-14(6-5-13(12)11-15)16-4-3-9-17-16/h2*6-9,12-13H,3-5,10-11,14H2,1-2H3;6-9,12-14H,3-5,10-11H2,1-2H3;6-9,11-12,17-18H,3-5,10H2,1-2H3;5-8,10-11,16-17H,3-4,9H2,1-2H3/q;;+1;;. The maximum atomic E-state index is 3.62. The predicted octanol–water partition coefficient (Wildman–Crippen LogP) is 18.4. The van der Waals surface area contributed by atoms with Crippen molar-refractivity contribution in [3.05, 3.63) is 210 Å². The molecule has 5 aliphatic rings. The zero-order valence-electron chi connectivity index (χ0n) is 60.6. The molecule has 510 valence electrons. The summed E-state index contributed by atoms with van der Waals surface area (Å²) >= 11 is 0. The summed E-state index contributed by atoms with van der Waals surface area (Å²) in [5.74, 6) is 0. The number of nitrogens with zero attached hydrogens (tertiary/aromatic N) is 8. The molecule has 2 atom stereocenters. The molecule has 97 heavy (non-hydrogen) atoms. The molecule has 10 aromatic carbocycles. The molecule has 0 spiro atoms. The number of likely N-dealkylation sites (tertiary alicyclic amines) is 2. The third-order valence-electron chi connectivity index (χ3n) is 20.5. The average Bonchev–Trinajstić information content (AvgIpc) is 1.50. The molecular weight excluding hydrogens is 1190 g/mol. The van der Waals surface area contributed by atoms with Gasteiger partial charge in [-0.2, -0.15) is 0 Å². The van der Waals surface area contributed by atoms with Crippen LogP contribution in [0.15, 0.2) is 182 Å². The summed E-state index contributed by atoms with van der Waals surface area (Å²) in [7, 11) is 20.9. The van der Waals surface area contributed by atoms with Crippen molar-refractivity contribution in [1.29, 1.82) is 0 Å². The Balaban J connectivity index is 0.000000123. The molecule has 5 aliphatic heterocycles. The van der Waals surface area contributed by atoms with E-state index in [0.29, 0.717) is 12.1 Å². The first-order valence-corrected chi connectivity index (χ1v) is 36.7. The minimum Gasteiger partial charge on any atom is -0.378 e. The van der Waals surface area contributed by atoms with E-state index in [4.69, 9.17) is 0 Å². The van der Waals surface area contributed by atoms with E-state index in [-0.39, 0.29) is 0 Å². The number of fused-ring (bicyclic) bond motifs is 5. The Morgan fingerprint density at radius 2 is 0.639 bits per heavy atom. The summed E-state index contributed by atoms with van der Waals surface area (Å²) in [5, 5.41) is 20.5. The van der Waals surface area contributed by atoms with Crippen LogP contribution in [0.3, 0.4) is 0 Å². The smallest absolute Gasteiger partial charge is 0.170 e. The Kier molecular flexibility index (Phi) is 25.0. The van der Waals surface area contributed by atoms with Gasteiger partial charge in [0.2, 0.25) is 0 Å². The Bertz CT molecular complexity index is 4060. The number of anilines is 5. The zero-order chi connectivity index (χ0) is 67.6. The van der Waals surface area contributed by atoms with Gasteiger partial charge >= 0.3 is 0 Å². The van der Waals surface area contributed by atoms with Crippen LogP contribution in [0.25, 0.3) is 53.9 Å². The van der Waals surface area contributed by atoms with Gasteiger partial charge in [0.05, 0.1) is 0 Å². The summed E-state index contributed by atoms with van der Waals surface area (Å²) < 4.78 is 2.46. The Morgan fingerprint density at radius 3 is 1.01 bits per heavy atom. The number of benzene rings is 10. The third-order valence-corrected chi connectivity index (χ3v) is 20.5. The summed E-state index contributed by atoms with van der Waals surface area (Å²) in [5.41, 5.74) is 13.4. The molecule has 0 aromatic heterocycles. The lowest BCUT2D eigenvalue weighted by atomic mass is 9.95. The first kappa shape index (κ1) is 70.3. The van der Waals surface area contributed by atoms with Crippen molar-refractivity contribution < 1.29 is 4.58 Å². The second kappa shape index (κ2) is 34.5. The minimum atomic E-state index is 0.548. The van der Waals surface area contributed by atoms with Gasteiger partial charge < -0.3 is 35.1 Å². The van der Waals surface area contributed by atoms with Gasteiger partial charge in [-0.05, 0) is 270 Å². The lowest BCUT2D eigenvalue weighted by molar-refractivity contribution is -0.532. The van der Waals surface area contributed by atoms with Crippen LogP contribution in [0.4, 0.5) is 28.4 Å². The van der Waals surface area contributed by atoms with Crippen molar-refractivity contribution in [2.75, 3.05) is 147 Å². The molecule has 2 N–H and O–H groups in total. The van der Waals surface area contributed by atoms with Crippen molar-refractivity contribution in [3.63, 3.8) is 0 Å². The number of rotatable bonds is 12. The maximum Gasteiger partial charge on any atom is 0.170 e. The summed E-state index contributed by atoms with van der Waals surface area (Å²) in [4.78, 5) is 15.9. The van der Waals surface area contributed by atoms with E-state index in [0.717, 1.165) is 26.2 Å².